The number of fused-ring (bicyclic) bond motifs is 1. The number of hydrogen-bond acceptors (Lipinski definition) is 4. The standard InChI is InChI=1S/C21H17N3O/c1-25-20-12-11-18(23-19(20)13-15-7-3-2-4-8-15)21-22-14-16-9-5-6-10-17(16)24-21/h2-12,14H,13H2,1H3. The van der Waals surface area contributed by atoms with E-state index in [1.165, 1.54) is 5.56 Å². The Morgan fingerprint density at radius 2 is 1.64 bits per heavy atom. The molecule has 2 aromatic heterocycles. The number of methoxy groups -OCH3 is 1. The molecule has 4 aromatic rings. The SMILES string of the molecule is COc1ccc(-c2ncc3ccccc3n2)nc1Cc1ccccc1. The number of para-hydroxylation sites is 1. The number of nitrogens with zero attached hydrogens (tertiary/aromatic N) is 3. The van der Waals surface area contributed by atoms with E-state index < -0.39 is 0 Å². The van der Waals surface area contributed by atoms with E-state index in [1.807, 2.05) is 60.8 Å². The summed E-state index contributed by atoms with van der Waals surface area (Å²) in [4.78, 5) is 13.9. The molecule has 0 fully saturated rings. The van der Waals surface area contributed by atoms with E-state index in [1.54, 1.807) is 7.11 Å². The van der Waals surface area contributed by atoms with Gasteiger partial charge in [0.2, 0.25) is 0 Å². The van der Waals surface area contributed by atoms with Gasteiger partial charge in [-0.25, -0.2) is 15.0 Å². The summed E-state index contributed by atoms with van der Waals surface area (Å²) in [5.41, 5.74) is 3.72. The molecule has 0 aliphatic rings. The first-order chi connectivity index (χ1) is 12.3. The van der Waals surface area contributed by atoms with Gasteiger partial charge in [-0.2, -0.15) is 0 Å². The molecule has 4 nitrogen and oxygen atoms in total. The van der Waals surface area contributed by atoms with Crippen LogP contribution >= 0.6 is 0 Å². The van der Waals surface area contributed by atoms with Crippen LogP contribution in [-0.4, -0.2) is 22.1 Å². The molecule has 4 rings (SSSR count). The second kappa shape index (κ2) is 6.69. The molecule has 25 heavy (non-hydrogen) atoms. The molecule has 0 spiro atoms. The molecule has 2 aromatic carbocycles. The van der Waals surface area contributed by atoms with Gasteiger partial charge in [0.15, 0.2) is 5.82 Å². The zero-order valence-corrected chi connectivity index (χ0v) is 13.9. The zero-order chi connectivity index (χ0) is 17.1. The van der Waals surface area contributed by atoms with Gasteiger partial charge in [-0.15, -0.1) is 0 Å². The molecule has 4 heteroatoms. The minimum absolute atomic E-state index is 0.621. The fourth-order valence-corrected chi connectivity index (χ4v) is 2.81. The Labute approximate surface area is 146 Å². The van der Waals surface area contributed by atoms with Crippen LogP contribution in [0.25, 0.3) is 22.4 Å². The van der Waals surface area contributed by atoms with Gasteiger partial charge in [0, 0.05) is 18.0 Å². The third-order valence-corrected chi connectivity index (χ3v) is 4.08. The molecular weight excluding hydrogens is 310 g/mol. The number of rotatable bonds is 4. The van der Waals surface area contributed by atoms with Crippen molar-refractivity contribution in [3.63, 3.8) is 0 Å². The minimum Gasteiger partial charge on any atom is -0.495 e. The molecule has 0 aliphatic carbocycles. The molecule has 0 saturated carbocycles. The molecule has 0 saturated heterocycles. The highest BCUT2D eigenvalue weighted by molar-refractivity contribution is 5.79. The Morgan fingerprint density at radius 3 is 2.48 bits per heavy atom. The van der Waals surface area contributed by atoms with Crippen molar-refractivity contribution in [1.82, 2.24) is 15.0 Å². The van der Waals surface area contributed by atoms with Crippen molar-refractivity contribution < 1.29 is 4.74 Å². The van der Waals surface area contributed by atoms with Crippen LogP contribution in [0.5, 0.6) is 5.75 Å². The molecule has 0 unspecified atom stereocenters. The lowest BCUT2D eigenvalue weighted by molar-refractivity contribution is 0.408. The van der Waals surface area contributed by atoms with E-state index in [0.717, 1.165) is 28.0 Å². The smallest absolute Gasteiger partial charge is 0.178 e. The summed E-state index contributed by atoms with van der Waals surface area (Å²) in [6.45, 7) is 0. The van der Waals surface area contributed by atoms with Crippen LogP contribution in [0.15, 0.2) is 72.9 Å². The molecular formula is C21H17N3O. The fraction of sp³-hybridized carbons (Fsp3) is 0.0952. The van der Waals surface area contributed by atoms with Gasteiger partial charge in [-0.05, 0) is 23.8 Å². The highest BCUT2D eigenvalue weighted by Crippen LogP contribution is 2.24. The van der Waals surface area contributed by atoms with E-state index in [2.05, 4.69) is 22.1 Å². The van der Waals surface area contributed by atoms with Gasteiger partial charge >= 0.3 is 0 Å². The zero-order valence-electron chi connectivity index (χ0n) is 13.9. The van der Waals surface area contributed by atoms with Gasteiger partial charge in [0.05, 0.1) is 18.3 Å². The lowest BCUT2D eigenvalue weighted by atomic mass is 10.1. The lowest BCUT2D eigenvalue weighted by Gasteiger charge is -2.10. The van der Waals surface area contributed by atoms with E-state index in [4.69, 9.17) is 9.72 Å². The summed E-state index contributed by atoms with van der Waals surface area (Å²) in [5, 5.41) is 1.02. The predicted molar refractivity (Wildman–Crippen MR) is 98.6 cm³/mol. The third kappa shape index (κ3) is 3.19. The minimum atomic E-state index is 0.621. The summed E-state index contributed by atoms with van der Waals surface area (Å²) < 4.78 is 5.48. The van der Waals surface area contributed by atoms with Crippen molar-refractivity contribution >= 4 is 10.9 Å². The van der Waals surface area contributed by atoms with Crippen LogP contribution in [0.2, 0.25) is 0 Å². The Bertz CT molecular complexity index is 1020. The van der Waals surface area contributed by atoms with E-state index in [0.29, 0.717) is 12.2 Å². The molecule has 0 radical (unpaired) electrons. The quantitative estimate of drug-likeness (QED) is 0.561. The monoisotopic (exact) mass is 327 g/mol. The van der Waals surface area contributed by atoms with Gasteiger partial charge in [0.25, 0.3) is 0 Å². The number of hydrogen-bond donors (Lipinski definition) is 0. The Kier molecular flexibility index (Phi) is 4.09. The molecule has 0 atom stereocenters. The fourth-order valence-electron chi connectivity index (χ4n) is 2.81. The van der Waals surface area contributed by atoms with Crippen LogP contribution in [-0.2, 0) is 6.42 Å². The average Bonchev–Trinajstić information content (AvgIpc) is 2.68. The predicted octanol–water partition coefficient (Wildman–Crippen LogP) is 4.29. The van der Waals surface area contributed by atoms with Crippen LogP contribution < -0.4 is 4.74 Å². The summed E-state index contributed by atoms with van der Waals surface area (Å²) in [5.74, 6) is 1.39. The first kappa shape index (κ1) is 15.3. The maximum atomic E-state index is 5.48. The number of benzene rings is 2. The van der Waals surface area contributed by atoms with Crippen LogP contribution in [0, 0.1) is 0 Å². The number of aromatic nitrogens is 3. The summed E-state index contributed by atoms with van der Waals surface area (Å²) >= 11 is 0. The van der Waals surface area contributed by atoms with Crippen molar-refractivity contribution in [3.05, 3.63) is 84.2 Å². The maximum Gasteiger partial charge on any atom is 0.178 e. The molecule has 0 bridgehead atoms. The Hall–Kier alpha value is -3.27. The lowest BCUT2D eigenvalue weighted by Crippen LogP contribution is -2.00. The van der Waals surface area contributed by atoms with Gasteiger partial charge < -0.3 is 4.74 Å². The van der Waals surface area contributed by atoms with Gasteiger partial charge in [-0.3, -0.25) is 0 Å². The average molecular weight is 327 g/mol. The molecule has 0 aliphatic heterocycles. The topological polar surface area (TPSA) is 47.9 Å². The van der Waals surface area contributed by atoms with Crippen LogP contribution in [0.3, 0.4) is 0 Å². The van der Waals surface area contributed by atoms with Crippen molar-refractivity contribution in [1.29, 1.82) is 0 Å². The third-order valence-electron chi connectivity index (χ3n) is 4.08. The van der Waals surface area contributed by atoms with Crippen molar-refractivity contribution in [3.8, 4) is 17.3 Å². The Morgan fingerprint density at radius 1 is 0.840 bits per heavy atom. The maximum absolute atomic E-state index is 5.48. The first-order valence-corrected chi connectivity index (χ1v) is 8.13. The Balaban J connectivity index is 1.75. The van der Waals surface area contributed by atoms with Crippen LogP contribution in [0.1, 0.15) is 11.3 Å². The molecule has 122 valence electrons. The number of pyridine rings is 1. The summed E-state index contributed by atoms with van der Waals surface area (Å²) in [6, 6.07) is 22.0. The summed E-state index contributed by atoms with van der Waals surface area (Å²) in [7, 11) is 1.66. The van der Waals surface area contributed by atoms with Gasteiger partial charge in [-0.1, -0.05) is 48.5 Å². The number of ether oxygens (including phenoxy) is 1. The normalized spacial score (nSPS) is 10.8. The first-order valence-electron chi connectivity index (χ1n) is 8.13. The summed E-state index contributed by atoms with van der Waals surface area (Å²) in [6.07, 6.45) is 2.53. The van der Waals surface area contributed by atoms with E-state index >= 15 is 0 Å². The van der Waals surface area contributed by atoms with Crippen molar-refractivity contribution in [2.75, 3.05) is 7.11 Å². The molecule has 0 amide bonds. The van der Waals surface area contributed by atoms with Crippen molar-refractivity contribution in [2.24, 2.45) is 0 Å². The highest BCUT2D eigenvalue weighted by atomic mass is 16.5. The van der Waals surface area contributed by atoms with E-state index in [-0.39, 0.29) is 0 Å². The molecule has 2 heterocycles. The largest absolute Gasteiger partial charge is 0.495 e. The van der Waals surface area contributed by atoms with Gasteiger partial charge in [0.1, 0.15) is 11.4 Å². The second-order valence-corrected chi connectivity index (χ2v) is 5.76. The van der Waals surface area contributed by atoms with Crippen LogP contribution in [0.4, 0.5) is 0 Å². The van der Waals surface area contributed by atoms with E-state index in [9.17, 15) is 0 Å². The van der Waals surface area contributed by atoms with Crippen molar-refractivity contribution in [2.45, 2.75) is 6.42 Å². The second-order valence-electron chi connectivity index (χ2n) is 5.76. The highest BCUT2D eigenvalue weighted by Gasteiger charge is 2.11. The molecule has 0 N–H and O–H groups in total.